The lowest BCUT2D eigenvalue weighted by Crippen LogP contribution is -2.57. The van der Waals surface area contributed by atoms with Gasteiger partial charge in [0.15, 0.2) is 5.78 Å². The van der Waals surface area contributed by atoms with Gasteiger partial charge < -0.3 is 0 Å². The molecule has 3 amide bonds. The lowest BCUT2D eigenvalue weighted by atomic mass is 10.0. The molecule has 0 radical (unpaired) electrons. The van der Waals surface area contributed by atoms with Crippen molar-refractivity contribution in [3.05, 3.63) is 104 Å². The van der Waals surface area contributed by atoms with E-state index in [0.29, 0.717) is 10.0 Å². The second-order valence-corrected chi connectivity index (χ2v) is 9.24. The molecule has 1 aliphatic heterocycles. The summed E-state index contributed by atoms with van der Waals surface area (Å²) in [5.41, 5.74) is 0.494. The van der Waals surface area contributed by atoms with Gasteiger partial charge in [0, 0.05) is 22.0 Å². The molecule has 1 heterocycles. The molecule has 4 rings (SSSR count). The predicted octanol–water partition coefficient (Wildman–Crippen LogP) is 6.18. The van der Waals surface area contributed by atoms with E-state index in [1.165, 1.54) is 54.6 Å². The monoisotopic (exact) mass is 548 g/mol. The van der Waals surface area contributed by atoms with Crippen LogP contribution in [0.2, 0.25) is 15.1 Å². The third-order valence-corrected chi connectivity index (χ3v) is 6.68. The first-order valence-electron chi connectivity index (χ1n) is 10.4. The molecule has 35 heavy (non-hydrogen) atoms. The molecule has 1 aliphatic rings. The van der Waals surface area contributed by atoms with E-state index < -0.39 is 29.5 Å². The second-order valence-electron chi connectivity index (χ2n) is 7.61. The number of hydrazine groups is 1. The van der Waals surface area contributed by atoms with Gasteiger partial charge in [0.05, 0.1) is 21.2 Å². The summed E-state index contributed by atoms with van der Waals surface area (Å²) in [7, 11) is 0. The number of hydrogen-bond acceptors (Lipinski definition) is 4. The molecule has 10 heteroatoms. The van der Waals surface area contributed by atoms with Gasteiger partial charge in [-0.3, -0.25) is 19.2 Å². The Balaban J connectivity index is 1.85. The number of rotatable bonds is 7. The Hall–Kier alpha value is -2.90. The van der Waals surface area contributed by atoms with Gasteiger partial charge in [-0.15, -0.1) is 11.6 Å². The van der Waals surface area contributed by atoms with E-state index in [1.54, 1.807) is 12.1 Å². The number of imide groups is 1. The number of ketones is 1. The van der Waals surface area contributed by atoms with Crippen LogP contribution < -0.4 is 0 Å². The topological polar surface area (TPSA) is 74.8 Å². The summed E-state index contributed by atoms with van der Waals surface area (Å²) in [6.07, 6.45) is -0.0382. The van der Waals surface area contributed by atoms with Crippen molar-refractivity contribution in [1.82, 2.24) is 10.0 Å². The fraction of sp³-hybridized carbons (Fsp3) is 0.120. The van der Waals surface area contributed by atoms with Gasteiger partial charge in [0.2, 0.25) is 0 Å². The van der Waals surface area contributed by atoms with Gasteiger partial charge in [-0.05, 0) is 61.0 Å². The summed E-state index contributed by atoms with van der Waals surface area (Å²) in [5, 5.41) is 2.28. The molecule has 0 aliphatic carbocycles. The van der Waals surface area contributed by atoms with Crippen molar-refractivity contribution in [2.24, 2.45) is 0 Å². The Bertz CT molecular complexity index is 1310. The molecule has 0 saturated heterocycles. The normalized spacial score (nSPS) is 13.5. The van der Waals surface area contributed by atoms with Crippen LogP contribution in [0.4, 0.5) is 0 Å². The van der Waals surface area contributed by atoms with E-state index in [9.17, 15) is 19.2 Å². The first-order chi connectivity index (χ1) is 16.7. The van der Waals surface area contributed by atoms with E-state index in [-0.39, 0.29) is 44.6 Å². The van der Waals surface area contributed by atoms with Crippen molar-refractivity contribution >= 4 is 69.9 Å². The number of amides is 3. The quantitative estimate of drug-likeness (QED) is 0.200. The summed E-state index contributed by atoms with van der Waals surface area (Å²) in [5.74, 6) is -2.81. The molecule has 0 spiro atoms. The van der Waals surface area contributed by atoms with Gasteiger partial charge in [0.25, 0.3) is 17.7 Å². The van der Waals surface area contributed by atoms with Gasteiger partial charge in [-0.25, -0.2) is 5.01 Å². The average molecular weight is 550 g/mol. The molecule has 178 valence electrons. The molecule has 0 N–H and O–H groups in total. The number of halogens is 4. The molecule has 0 bridgehead atoms. The largest absolute Gasteiger partial charge is 0.292 e. The highest BCUT2D eigenvalue weighted by Crippen LogP contribution is 2.30. The van der Waals surface area contributed by atoms with Gasteiger partial charge >= 0.3 is 0 Å². The molecule has 0 unspecified atom stereocenters. The van der Waals surface area contributed by atoms with Crippen molar-refractivity contribution in [2.75, 3.05) is 5.88 Å². The summed E-state index contributed by atoms with van der Waals surface area (Å²) in [6, 6.07) is 15.1. The SMILES string of the molecule is O=C(c1ccc(Cl)cc1)[C@H](CCCl)N(C(=O)c1ccc(Cl)c(Cl)c1)N1C(=O)c2ccccc2C1=O. The Kier molecular flexibility index (Phi) is 7.47. The highest BCUT2D eigenvalue weighted by Gasteiger charge is 2.46. The number of fused-ring (bicyclic) bond motifs is 1. The maximum atomic E-state index is 13.8. The average Bonchev–Trinajstić information content (AvgIpc) is 3.10. The minimum Gasteiger partial charge on any atom is -0.292 e. The van der Waals surface area contributed by atoms with E-state index in [0.717, 1.165) is 5.01 Å². The third kappa shape index (κ3) is 4.80. The molecule has 6 nitrogen and oxygen atoms in total. The molecule has 1 atom stereocenters. The fourth-order valence-electron chi connectivity index (χ4n) is 3.78. The molecule has 0 saturated carbocycles. The highest BCUT2D eigenvalue weighted by molar-refractivity contribution is 6.42. The molecule has 3 aromatic rings. The lowest BCUT2D eigenvalue weighted by molar-refractivity contribution is -0.00960. The predicted molar refractivity (Wildman–Crippen MR) is 134 cm³/mol. The molecule has 3 aromatic carbocycles. The van der Waals surface area contributed by atoms with Gasteiger partial charge in [-0.2, -0.15) is 5.01 Å². The number of nitrogens with zero attached hydrogens (tertiary/aromatic N) is 2. The summed E-state index contributed by atoms with van der Waals surface area (Å²) in [6.45, 7) is 0. The second kappa shape index (κ2) is 10.4. The van der Waals surface area contributed by atoms with Crippen molar-refractivity contribution in [2.45, 2.75) is 12.5 Å². The Labute approximate surface area is 220 Å². The van der Waals surface area contributed by atoms with E-state index in [2.05, 4.69) is 0 Å². The van der Waals surface area contributed by atoms with Crippen LogP contribution in [0, 0.1) is 0 Å². The van der Waals surface area contributed by atoms with Crippen LogP contribution >= 0.6 is 46.4 Å². The number of benzene rings is 3. The number of carbonyl (C=O) groups excluding carboxylic acids is 4. The minimum absolute atomic E-state index is 0.0273. The first-order valence-corrected chi connectivity index (χ1v) is 12.0. The maximum Gasteiger partial charge on any atom is 0.280 e. The van der Waals surface area contributed by atoms with Gasteiger partial charge in [0.1, 0.15) is 6.04 Å². The summed E-state index contributed by atoms with van der Waals surface area (Å²) < 4.78 is 0. The van der Waals surface area contributed by atoms with Crippen molar-refractivity contribution < 1.29 is 19.2 Å². The van der Waals surface area contributed by atoms with E-state index in [1.807, 2.05) is 0 Å². The number of Topliss-reactive ketones (excluding diaryl/α,β-unsaturated/α-hetero) is 1. The summed E-state index contributed by atoms with van der Waals surface area (Å²) >= 11 is 24.1. The van der Waals surface area contributed by atoms with Crippen molar-refractivity contribution in [1.29, 1.82) is 0 Å². The van der Waals surface area contributed by atoms with E-state index >= 15 is 0 Å². The Morgan fingerprint density at radius 1 is 0.800 bits per heavy atom. The number of carbonyl (C=O) groups is 4. The van der Waals surface area contributed by atoms with Crippen LogP contribution in [0.1, 0.15) is 47.9 Å². The van der Waals surface area contributed by atoms with Crippen LogP contribution in [-0.4, -0.2) is 45.4 Å². The molecule has 0 aromatic heterocycles. The molecule has 0 fully saturated rings. The zero-order chi connectivity index (χ0) is 25.3. The summed E-state index contributed by atoms with van der Waals surface area (Å²) in [4.78, 5) is 54.0. The zero-order valence-corrected chi connectivity index (χ0v) is 20.9. The fourth-order valence-corrected chi connectivity index (χ4v) is 4.41. The van der Waals surface area contributed by atoms with E-state index in [4.69, 9.17) is 46.4 Å². The minimum atomic E-state index is -1.28. The standard InChI is InChI=1S/C25H16Cl4N2O4/c26-12-11-21(22(32)14-5-8-16(27)9-6-14)30(23(33)15-7-10-19(28)20(29)13-15)31-24(34)17-3-1-2-4-18(17)25(31)35/h1-10,13,21H,11-12H2/t21-/m0/s1. The highest BCUT2D eigenvalue weighted by atomic mass is 35.5. The number of hydrogen-bond donors (Lipinski definition) is 0. The van der Waals surface area contributed by atoms with Crippen molar-refractivity contribution in [3.63, 3.8) is 0 Å². The van der Waals surface area contributed by atoms with Crippen LogP contribution in [0.3, 0.4) is 0 Å². The zero-order valence-electron chi connectivity index (χ0n) is 17.9. The van der Waals surface area contributed by atoms with Crippen LogP contribution in [-0.2, 0) is 0 Å². The first kappa shape index (κ1) is 25.2. The maximum absolute atomic E-state index is 13.8. The Morgan fingerprint density at radius 2 is 1.37 bits per heavy atom. The lowest BCUT2D eigenvalue weighted by Gasteiger charge is -2.36. The van der Waals surface area contributed by atoms with Gasteiger partial charge in [-0.1, -0.05) is 46.9 Å². The molecular formula is C25H16Cl4N2O4. The van der Waals surface area contributed by atoms with Crippen LogP contribution in [0.25, 0.3) is 0 Å². The van der Waals surface area contributed by atoms with Crippen molar-refractivity contribution in [3.8, 4) is 0 Å². The smallest absolute Gasteiger partial charge is 0.280 e. The molecular weight excluding hydrogens is 534 g/mol. The van der Waals surface area contributed by atoms with Crippen LogP contribution in [0.15, 0.2) is 66.7 Å². The van der Waals surface area contributed by atoms with Crippen LogP contribution in [0.5, 0.6) is 0 Å². The third-order valence-electron chi connectivity index (χ3n) is 5.47. The Morgan fingerprint density at radius 3 is 1.91 bits per heavy atom. The number of alkyl halides is 1.